The highest BCUT2D eigenvalue weighted by atomic mass is 32.2. The summed E-state index contributed by atoms with van der Waals surface area (Å²) in [5.74, 6) is -0.716. The van der Waals surface area contributed by atoms with Gasteiger partial charge >= 0.3 is 5.69 Å². The second-order valence-corrected chi connectivity index (χ2v) is 5.73. The molecule has 0 aliphatic heterocycles. The van der Waals surface area contributed by atoms with E-state index in [-0.39, 0.29) is 16.6 Å². The Bertz CT molecular complexity index is 872. The molecular weight excluding hydrogens is 303 g/mol. The first-order chi connectivity index (χ1) is 10.6. The third-order valence-electron chi connectivity index (χ3n) is 3.24. The largest absolute Gasteiger partial charge is 0.492 e. The molecule has 0 atom stereocenters. The maximum atomic E-state index is 14.1. The van der Waals surface area contributed by atoms with Gasteiger partial charge in [-0.25, -0.2) is 13.8 Å². The predicted molar refractivity (Wildman–Crippen MR) is 83.2 cm³/mol. The van der Waals surface area contributed by atoms with Crippen LogP contribution in [0.4, 0.5) is 4.39 Å². The highest BCUT2D eigenvalue weighted by Crippen LogP contribution is 2.35. The molecular formula is C16H13FN2O2S. The lowest BCUT2D eigenvalue weighted by molar-refractivity contribution is 0.417. The molecule has 0 spiro atoms. The van der Waals surface area contributed by atoms with Crippen molar-refractivity contribution in [3.05, 3.63) is 70.9 Å². The molecule has 0 radical (unpaired) electrons. The zero-order valence-electron chi connectivity index (χ0n) is 11.7. The molecule has 4 nitrogen and oxygen atoms in total. The second-order valence-electron chi connectivity index (χ2n) is 4.67. The molecule has 0 aliphatic rings. The minimum Gasteiger partial charge on any atom is -0.492 e. The fourth-order valence-electron chi connectivity index (χ4n) is 2.11. The van der Waals surface area contributed by atoms with Crippen LogP contribution >= 0.6 is 11.8 Å². The fourth-order valence-corrected chi connectivity index (χ4v) is 3.12. The molecule has 1 heterocycles. The third-order valence-corrected chi connectivity index (χ3v) is 4.31. The molecule has 0 aliphatic carbocycles. The zero-order valence-corrected chi connectivity index (χ0v) is 12.5. The van der Waals surface area contributed by atoms with Crippen molar-refractivity contribution in [2.24, 2.45) is 7.05 Å². The number of para-hydroxylation sites is 1. The Hall–Kier alpha value is -2.47. The van der Waals surface area contributed by atoms with Gasteiger partial charge in [0.25, 0.3) is 0 Å². The Morgan fingerprint density at radius 2 is 1.68 bits per heavy atom. The molecule has 0 saturated heterocycles. The first kappa shape index (κ1) is 14.5. The number of benzene rings is 2. The van der Waals surface area contributed by atoms with Gasteiger partial charge in [0.05, 0.1) is 5.69 Å². The minimum absolute atomic E-state index is 0.113. The van der Waals surface area contributed by atoms with Gasteiger partial charge in [-0.15, -0.1) is 0 Å². The van der Waals surface area contributed by atoms with Crippen molar-refractivity contribution in [2.45, 2.75) is 9.92 Å². The molecule has 0 fully saturated rings. The SMILES string of the molecule is Cn1c(O)c(Sc2ccccc2)n(-c2ccccc2F)c1=O. The van der Waals surface area contributed by atoms with Crippen LogP contribution in [0.3, 0.4) is 0 Å². The molecule has 0 bridgehead atoms. The van der Waals surface area contributed by atoms with E-state index in [2.05, 4.69) is 0 Å². The predicted octanol–water partition coefficient (Wildman–Crippen LogP) is 3.17. The third kappa shape index (κ3) is 2.42. The van der Waals surface area contributed by atoms with Gasteiger partial charge in [0.2, 0.25) is 5.88 Å². The molecule has 0 unspecified atom stereocenters. The molecule has 1 N–H and O–H groups in total. The summed E-state index contributed by atoms with van der Waals surface area (Å²) in [4.78, 5) is 13.2. The van der Waals surface area contributed by atoms with E-state index in [1.165, 1.54) is 35.5 Å². The maximum absolute atomic E-state index is 14.1. The average Bonchev–Trinajstić information content (AvgIpc) is 2.74. The molecule has 2 aromatic carbocycles. The van der Waals surface area contributed by atoms with E-state index in [1.807, 2.05) is 30.3 Å². The van der Waals surface area contributed by atoms with E-state index >= 15 is 0 Å². The molecule has 3 aromatic rings. The molecule has 1 aromatic heterocycles. The van der Waals surface area contributed by atoms with E-state index in [0.717, 1.165) is 9.46 Å². The molecule has 22 heavy (non-hydrogen) atoms. The Balaban J connectivity index is 2.20. The number of aromatic nitrogens is 2. The summed E-state index contributed by atoms with van der Waals surface area (Å²) in [6.45, 7) is 0. The average molecular weight is 316 g/mol. The van der Waals surface area contributed by atoms with Crippen LogP contribution in [0.5, 0.6) is 5.88 Å². The van der Waals surface area contributed by atoms with Crippen molar-refractivity contribution in [1.82, 2.24) is 9.13 Å². The van der Waals surface area contributed by atoms with Gasteiger partial charge in [-0.2, -0.15) is 0 Å². The Morgan fingerprint density at radius 1 is 1.05 bits per heavy atom. The summed E-state index contributed by atoms with van der Waals surface area (Å²) >= 11 is 1.20. The van der Waals surface area contributed by atoms with Crippen LogP contribution in [-0.2, 0) is 7.05 Å². The minimum atomic E-state index is -0.523. The van der Waals surface area contributed by atoms with Gasteiger partial charge in [0, 0.05) is 11.9 Å². The van der Waals surface area contributed by atoms with Crippen molar-refractivity contribution in [3.8, 4) is 11.6 Å². The van der Waals surface area contributed by atoms with Gasteiger partial charge in [-0.05, 0) is 24.3 Å². The van der Waals surface area contributed by atoms with E-state index < -0.39 is 11.5 Å². The summed E-state index contributed by atoms with van der Waals surface area (Å²) in [6.07, 6.45) is 0. The van der Waals surface area contributed by atoms with Crippen molar-refractivity contribution in [1.29, 1.82) is 0 Å². The topological polar surface area (TPSA) is 47.2 Å². The molecule has 0 amide bonds. The van der Waals surface area contributed by atoms with Gasteiger partial charge in [0.1, 0.15) is 10.8 Å². The maximum Gasteiger partial charge on any atom is 0.336 e. The lowest BCUT2D eigenvalue weighted by atomic mass is 10.3. The van der Waals surface area contributed by atoms with E-state index in [1.54, 1.807) is 12.1 Å². The molecule has 6 heteroatoms. The summed E-state index contributed by atoms with van der Waals surface area (Å²) in [6, 6.07) is 15.3. The number of halogens is 1. The van der Waals surface area contributed by atoms with Crippen molar-refractivity contribution < 1.29 is 9.50 Å². The second kappa shape index (κ2) is 5.73. The van der Waals surface area contributed by atoms with Gasteiger partial charge < -0.3 is 5.11 Å². The van der Waals surface area contributed by atoms with Crippen LogP contribution in [0.1, 0.15) is 0 Å². The normalized spacial score (nSPS) is 10.8. The van der Waals surface area contributed by atoms with E-state index in [0.29, 0.717) is 0 Å². The van der Waals surface area contributed by atoms with Crippen molar-refractivity contribution in [2.75, 3.05) is 0 Å². The standard InChI is InChI=1S/C16H13FN2O2S/c1-18-14(20)15(22-11-7-3-2-4-8-11)19(16(18)21)13-10-6-5-9-12(13)17/h2-10,20H,1H3. The van der Waals surface area contributed by atoms with Crippen LogP contribution < -0.4 is 5.69 Å². The monoisotopic (exact) mass is 316 g/mol. The summed E-state index contributed by atoms with van der Waals surface area (Å²) < 4.78 is 16.3. The van der Waals surface area contributed by atoms with E-state index in [4.69, 9.17) is 0 Å². The Morgan fingerprint density at radius 3 is 2.36 bits per heavy atom. The van der Waals surface area contributed by atoms with E-state index in [9.17, 15) is 14.3 Å². The Labute approximate surface area is 130 Å². The number of hydrogen-bond acceptors (Lipinski definition) is 3. The number of aromatic hydroxyl groups is 1. The van der Waals surface area contributed by atoms with Gasteiger partial charge in [-0.3, -0.25) is 4.57 Å². The fraction of sp³-hybridized carbons (Fsp3) is 0.0625. The number of nitrogens with zero attached hydrogens (tertiary/aromatic N) is 2. The smallest absolute Gasteiger partial charge is 0.336 e. The number of imidazole rings is 1. The zero-order chi connectivity index (χ0) is 15.7. The quantitative estimate of drug-likeness (QED) is 0.807. The lowest BCUT2D eigenvalue weighted by Crippen LogP contribution is -2.22. The summed E-state index contributed by atoms with van der Waals surface area (Å²) in [5.41, 5.74) is -0.386. The van der Waals surface area contributed by atoms with Crippen LogP contribution in [0.2, 0.25) is 0 Å². The molecule has 0 saturated carbocycles. The van der Waals surface area contributed by atoms with Crippen molar-refractivity contribution >= 4 is 11.8 Å². The van der Waals surface area contributed by atoms with Crippen LogP contribution in [0.25, 0.3) is 5.69 Å². The first-order valence-corrected chi connectivity index (χ1v) is 7.39. The Kier molecular flexibility index (Phi) is 3.77. The molecule has 3 rings (SSSR count). The number of rotatable bonds is 3. The van der Waals surface area contributed by atoms with Crippen LogP contribution in [0, 0.1) is 5.82 Å². The van der Waals surface area contributed by atoms with Crippen LogP contribution in [-0.4, -0.2) is 14.2 Å². The summed E-state index contributed by atoms with van der Waals surface area (Å²) in [7, 11) is 1.45. The lowest BCUT2D eigenvalue weighted by Gasteiger charge is -2.08. The highest BCUT2D eigenvalue weighted by Gasteiger charge is 2.21. The highest BCUT2D eigenvalue weighted by molar-refractivity contribution is 7.99. The van der Waals surface area contributed by atoms with Crippen molar-refractivity contribution in [3.63, 3.8) is 0 Å². The molecule has 112 valence electrons. The van der Waals surface area contributed by atoms with Crippen LogP contribution in [0.15, 0.2) is 69.3 Å². The summed E-state index contributed by atoms with van der Waals surface area (Å²) in [5, 5.41) is 10.5. The van der Waals surface area contributed by atoms with Gasteiger partial charge in [0.15, 0.2) is 0 Å². The number of hydrogen-bond donors (Lipinski definition) is 1. The first-order valence-electron chi connectivity index (χ1n) is 6.58. The van der Waals surface area contributed by atoms with Gasteiger partial charge in [-0.1, -0.05) is 42.1 Å².